The van der Waals surface area contributed by atoms with Crippen molar-refractivity contribution in [2.75, 3.05) is 5.73 Å². The molecule has 0 bridgehead atoms. The van der Waals surface area contributed by atoms with Crippen LogP contribution >= 0.6 is 0 Å². The molecule has 0 aliphatic heterocycles. The Bertz CT molecular complexity index is 685. The summed E-state index contributed by atoms with van der Waals surface area (Å²) >= 11 is 0. The number of hydrogen-bond acceptors (Lipinski definition) is 3. The number of benzene rings is 1. The third-order valence-corrected chi connectivity index (χ3v) is 2.83. The number of rotatable bonds is 1. The third kappa shape index (κ3) is 1.54. The van der Waals surface area contributed by atoms with Gasteiger partial charge in [-0.15, -0.1) is 0 Å². The van der Waals surface area contributed by atoms with Gasteiger partial charge in [0.05, 0.1) is 5.39 Å². The van der Waals surface area contributed by atoms with E-state index in [9.17, 15) is 0 Å². The molecule has 17 heavy (non-hydrogen) atoms. The second-order valence-electron chi connectivity index (χ2n) is 4.05. The normalized spacial score (nSPS) is 10.9. The van der Waals surface area contributed by atoms with Crippen molar-refractivity contribution in [2.24, 2.45) is 0 Å². The highest BCUT2D eigenvalue weighted by Crippen LogP contribution is 2.30. The van der Waals surface area contributed by atoms with Crippen LogP contribution in [0.15, 0.2) is 36.8 Å². The molecule has 0 aliphatic carbocycles. The van der Waals surface area contributed by atoms with Crippen LogP contribution in [0, 0.1) is 6.92 Å². The minimum absolute atomic E-state index is 0.507. The lowest BCUT2D eigenvalue weighted by Crippen LogP contribution is -1.92. The molecule has 2 heterocycles. The molecular formula is C13H12N4. The lowest BCUT2D eigenvalue weighted by molar-refractivity contribution is 1.21. The number of nitrogens with one attached hydrogen (secondary N) is 1. The molecule has 0 spiro atoms. The highest BCUT2D eigenvalue weighted by molar-refractivity contribution is 6.00. The number of aromatic amines is 1. The van der Waals surface area contributed by atoms with Crippen LogP contribution in [0.3, 0.4) is 0 Å². The molecule has 0 unspecified atom stereocenters. The Kier molecular flexibility index (Phi) is 2.08. The first-order valence-corrected chi connectivity index (χ1v) is 5.40. The topological polar surface area (TPSA) is 67.6 Å². The van der Waals surface area contributed by atoms with Gasteiger partial charge in [0.15, 0.2) is 0 Å². The number of nitrogens with two attached hydrogens (primary N) is 1. The fraction of sp³-hybridized carbons (Fsp3) is 0.0769. The van der Waals surface area contributed by atoms with Gasteiger partial charge < -0.3 is 10.7 Å². The van der Waals surface area contributed by atoms with E-state index < -0.39 is 0 Å². The summed E-state index contributed by atoms with van der Waals surface area (Å²) in [7, 11) is 0. The van der Waals surface area contributed by atoms with Gasteiger partial charge in [-0.1, -0.05) is 29.8 Å². The number of fused-ring (bicyclic) bond motifs is 1. The largest absolute Gasteiger partial charge is 0.383 e. The van der Waals surface area contributed by atoms with E-state index in [-0.39, 0.29) is 0 Å². The van der Waals surface area contributed by atoms with Crippen molar-refractivity contribution in [3.63, 3.8) is 0 Å². The van der Waals surface area contributed by atoms with Crippen molar-refractivity contribution in [1.82, 2.24) is 15.0 Å². The minimum Gasteiger partial charge on any atom is -0.383 e. The lowest BCUT2D eigenvalue weighted by Gasteiger charge is -2.02. The Balaban J connectivity index is 2.31. The van der Waals surface area contributed by atoms with Crippen LogP contribution < -0.4 is 5.73 Å². The van der Waals surface area contributed by atoms with Gasteiger partial charge in [-0.05, 0) is 12.5 Å². The summed E-state index contributed by atoms with van der Waals surface area (Å²) in [5.74, 6) is 0.507. The second-order valence-corrected chi connectivity index (χ2v) is 4.05. The zero-order valence-corrected chi connectivity index (χ0v) is 9.44. The van der Waals surface area contributed by atoms with Gasteiger partial charge in [0.2, 0.25) is 0 Å². The first kappa shape index (κ1) is 9.84. The van der Waals surface area contributed by atoms with Crippen LogP contribution in [0.1, 0.15) is 5.56 Å². The van der Waals surface area contributed by atoms with Crippen molar-refractivity contribution < 1.29 is 0 Å². The van der Waals surface area contributed by atoms with Crippen LogP contribution in [0.4, 0.5) is 5.82 Å². The van der Waals surface area contributed by atoms with Gasteiger partial charge in [0, 0.05) is 11.8 Å². The first-order chi connectivity index (χ1) is 8.25. The summed E-state index contributed by atoms with van der Waals surface area (Å²) in [6, 6.07) is 8.28. The summed E-state index contributed by atoms with van der Waals surface area (Å²) in [5.41, 5.74) is 10.1. The molecule has 4 nitrogen and oxygen atoms in total. The molecular weight excluding hydrogens is 212 g/mol. The fourth-order valence-electron chi connectivity index (χ4n) is 2.03. The van der Waals surface area contributed by atoms with Gasteiger partial charge in [0.25, 0.3) is 0 Å². The Labute approximate surface area is 98.5 Å². The van der Waals surface area contributed by atoms with E-state index >= 15 is 0 Å². The molecule has 84 valence electrons. The minimum atomic E-state index is 0.507. The van der Waals surface area contributed by atoms with Crippen LogP contribution in [0.25, 0.3) is 22.2 Å². The maximum absolute atomic E-state index is 5.91. The number of nitrogens with zero attached hydrogens (tertiary/aromatic N) is 2. The molecule has 0 atom stereocenters. The molecule has 0 aliphatic rings. The van der Waals surface area contributed by atoms with Crippen molar-refractivity contribution in [1.29, 1.82) is 0 Å². The average Bonchev–Trinajstić information content (AvgIpc) is 2.74. The van der Waals surface area contributed by atoms with Gasteiger partial charge >= 0.3 is 0 Å². The quantitative estimate of drug-likeness (QED) is 0.667. The zero-order valence-electron chi connectivity index (χ0n) is 9.44. The Hall–Kier alpha value is -2.36. The van der Waals surface area contributed by atoms with Crippen LogP contribution in [-0.2, 0) is 0 Å². The smallest absolute Gasteiger partial charge is 0.143 e. The molecule has 0 saturated carbocycles. The van der Waals surface area contributed by atoms with Gasteiger partial charge in [-0.25, -0.2) is 9.97 Å². The van der Waals surface area contributed by atoms with Crippen molar-refractivity contribution in [3.05, 3.63) is 42.4 Å². The Morgan fingerprint density at radius 1 is 1.24 bits per heavy atom. The van der Waals surface area contributed by atoms with Crippen molar-refractivity contribution in [2.45, 2.75) is 6.92 Å². The average molecular weight is 224 g/mol. The predicted octanol–water partition coefficient (Wildman–Crippen LogP) is 2.52. The van der Waals surface area contributed by atoms with Gasteiger partial charge in [-0.2, -0.15) is 0 Å². The standard InChI is InChI=1S/C13H12N4/c1-8-3-2-4-9(5-8)10-6-15-13-11(10)12(14)16-7-17-13/h2-7H,1H3,(H3,14,15,16,17). The maximum Gasteiger partial charge on any atom is 0.143 e. The summed E-state index contributed by atoms with van der Waals surface area (Å²) in [4.78, 5) is 11.3. The van der Waals surface area contributed by atoms with Crippen LogP contribution in [0.5, 0.6) is 0 Å². The third-order valence-electron chi connectivity index (χ3n) is 2.83. The van der Waals surface area contributed by atoms with E-state index in [0.717, 1.165) is 22.2 Å². The van der Waals surface area contributed by atoms with E-state index in [1.807, 2.05) is 12.3 Å². The monoisotopic (exact) mass is 224 g/mol. The molecule has 0 amide bonds. The molecule has 3 aromatic rings. The molecule has 4 heteroatoms. The number of aromatic nitrogens is 3. The molecule has 1 aromatic carbocycles. The Morgan fingerprint density at radius 3 is 2.94 bits per heavy atom. The number of aryl methyl sites for hydroxylation is 1. The molecule has 0 radical (unpaired) electrons. The van der Waals surface area contributed by atoms with Gasteiger partial charge in [-0.3, -0.25) is 0 Å². The van der Waals surface area contributed by atoms with Crippen LogP contribution in [0.2, 0.25) is 0 Å². The summed E-state index contributed by atoms with van der Waals surface area (Å²) < 4.78 is 0. The van der Waals surface area contributed by atoms with E-state index in [1.54, 1.807) is 0 Å². The number of H-pyrrole nitrogens is 1. The molecule has 0 fully saturated rings. The zero-order chi connectivity index (χ0) is 11.8. The van der Waals surface area contributed by atoms with Crippen LogP contribution in [-0.4, -0.2) is 15.0 Å². The van der Waals surface area contributed by atoms with E-state index in [2.05, 4.69) is 40.1 Å². The summed E-state index contributed by atoms with van der Waals surface area (Å²) in [6.07, 6.45) is 3.39. The SMILES string of the molecule is Cc1cccc(-c2c[nH]c3ncnc(N)c23)c1. The van der Waals surface area contributed by atoms with E-state index in [4.69, 9.17) is 5.73 Å². The lowest BCUT2D eigenvalue weighted by atomic mass is 10.0. The van der Waals surface area contributed by atoms with Gasteiger partial charge in [0.1, 0.15) is 17.8 Å². The maximum atomic E-state index is 5.91. The summed E-state index contributed by atoms with van der Waals surface area (Å²) in [6.45, 7) is 2.07. The molecule has 0 saturated heterocycles. The molecule has 3 N–H and O–H groups in total. The molecule has 2 aromatic heterocycles. The van der Waals surface area contributed by atoms with Crippen molar-refractivity contribution >= 4 is 16.9 Å². The number of anilines is 1. The summed E-state index contributed by atoms with van der Waals surface area (Å²) in [5, 5.41) is 0.887. The molecule has 3 rings (SSSR count). The first-order valence-electron chi connectivity index (χ1n) is 5.40. The second kappa shape index (κ2) is 3.59. The predicted molar refractivity (Wildman–Crippen MR) is 68.5 cm³/mol. The number of nitrogen functional groups attached to an aromatic ring is 1. The Morgan fingerprint density at radius 2 is 2.12 bits per heavy atom. The number of hydrogen-bond donors (Lipinski definition) is 2. The highest BCUT2D eigenvalue weighted by Gasteiger charge is 2.10. The highest BCUT2D eigenvalue weighted by atomic mass is 15.0. The van der Waals surface area contributed by atoms with E-state index in [0.29, 0.717) is 5.82 Å². The fourth-order valence-corrected chi connectivity index (χ4v) is 2.03. The van der Waals surface area contributed by atoms with E-state index in [1.165, 1.54) is 11.9 Å². The van der Waals surface area contributed by atoms with Crippen molar-refractivity contribution in [3.8, 4) is 11.1 Å².